The predicted octanol–water partition coefficient (Wildman–Crippen LogP) is 0.837. The number of amides is 2. The summed E-state index contributed by atoms with van der Waals surface area (Å²) in [5, 5.41) is 15.1. The van der Waals surface area contributed by atoms with Gasteiger partial charge in [0.05, 0.1) is 18.0 Å². The Hall–Kier alpha value is -2.74. The van der Waals surface area contributed by atoms with Crippen molar-refractivity contribution >= 4 is 28.8 Å². The van der Waals surface area contributed by atoms with Gasteiger partial charge in [-0.05, 0) is 23.6 Å². The van der Waals surface area contributed by atoms with Crippen LogP contribution in [0.5, 0.6) is 0 Å². The number of pyridine rings is 1. The van der Waals surface area contributed by atoms with Crippen LogP contribution >= 0.6 is 11.3 Å². The van der Waals surface area contributed by atoms with Gasteiger partial charge in [0.25, 0.3) is 5.91 Å². The first-order valence-corrected chi connectivity index (χ1v) is 7.49. The van der Waals surface area contributed by atoms with E-state index in [-0.39, 0.29) is 24.9 Å². The molecule has 0 saturated heterocycles. The zero-order chi connectivity index (χ0) is 15.4. The third kappa shape index (κ3) is 3.12. The summed E-state index contributed by atoms with van der Waals surface area (Å²) in [5.74, 6) is 0.101. The van der Waals surface area contributed by atoms with Crippen LogP contribution in [0.3, 0.4) is 0 Å². The lowest BCUT2D eigenvalue weighted by Crippen LogP contribution is -2.36. The lowest BCUT2D eigenvalue weighted by atomic mass is 10.4. The van der Waals surface area contributed by atoms with Gasteiger partial charge in [0, 0.05) is 6.20 Å². The molecule has 0 bridgehead atoms. The molecule has 3 rings (SSSR count). The van der Waals surface area contributed by atoms with Crippen LogP contribution in [0, 0.1) is 0 Å². The molecule has 3 aromatic heterocycles. The smallest absolute Gasteiger partial charge is 0.261 e. The van der Waals surface area contributed by atoms with E-state index in [2.05, 4.69) is 20.8 Å². The molecule has 0 aromatic carbocycles. The monoisotopic (exact) mass is 315 g/mol. The number of hydrogen-bond acceptors (Lipinski definition) is 5. The number of nitrogens with one attached hydrogen (secondary N) is 2. The molecular formula is C14H13N5O2S. The Morgan fingerprint density at radius 2 is 2.05 bits per heavy atom. The topological polar surface area (TPSA) is 88.4 Å². The molecule has 0 aliphatic carbocycles. The van der Waals surface area contributed by atoms with Crippen molar-refractivity contribution in [2.45, 2.75) is 6.54 Å². The Morgan fingerprint density at radius 3 is 2.86 bits per heavy atom. The van der Waals surface area contributed by atoms with E-state index in [0.29, 0.717) is 10.7 Å². The maximum absolute atomic E-state index is 11.8. The first kappa shape index (κ1) is 14.2. The van der Waals surface area contributed by atoms with E-state index in [9.17, 15) is 9.59 Å². The van der Waals surface area contributed by atoms with Crippen molar-refractivity contribution < 1.29 is 9.59 Å². The zero-order valence-electron chi connectivity index (χ0n) is 11.5. The average molecular weight is 315 g/mol. The highest BCUT2D eigenvalue weighted by Gasteiger charge is 2.10. The van der Waals surface area contributed by atoms with Gasteiger partial charge in [0.15, 0.2) is 11.5 Å². The lowest BCUT2D eigenvalue weighted by Gasteiger charge is -2.05. The number of nitrogens with zero attached hydrogens (tertiary/aromatic N) is 3. The van der Waals surface area contributed by atoms with E-state index in [1.807, 2.05) is 29.8 Å². The summed E-state index contributed by atoms with van der Waals surface area (Å²) in [7, 11) is 0. The van der Waals surface area contributed by atoms with Crippen molar-refractivity contribution in [2.24, 2.45) is 0 Å². The van der Waals surface area contributed by atoms with Crippen molar-refractivity contribution in [1.29, 1.82) is 0 Å². The Morgan fingerprint density at radius 1 is 1.14 bits per heavy atom. The molecule has 22 heavy (non-hydrogen) atoms. The lowest BCUT2D eigenvalue weighted by molar-refractivity contribution is -0.120. The Bertz CT molecular complexity index is 797. The standard InChI is InChI=1S/C14H13N5O2S/c20-13(9-16-14(21)10-4-3-7-22-10)15-8-12-18-17-11-5-1-2-6-19(11)12/h1-7H,8-9H2,(H,15,20)(H,16,21). The number of aromatic nitrogens is 3. The molecule has 0 atom stereocenters. The molecule has 2 amide bonds. The second-order valence-corrected chi connectivity index (χ2v) is 5.43. The van der Waals surface area contributed by atoms with Crippen LogP contribution in [0.15, 0.2) is 41.9 Å². The minimum atomic E-state index is -0.280. The highest BCUT2D eigenvalue weighted by molar-refractivity contribution is 7.12. The van der Waals surface area contributed by atoms with E-state index in [1.54, 1.807) is 16.5 Å². The summed E-state index contributed by atoms with van der Waals surface area (Å²) in [6.45, 7) is 0.173. The molecule has 112 valence electrons. The molecule has 0 aliphatic heterocycles. The van der Waals surface area contributed by atoms with Crippen LogP contribution in [0.25, 0.3) is 5.65 Å². The molecule has 2 N–H and O–H groups in total. The van der Waals surface area contributed by atoms with Gasteiger partial charge in [-0.1, -0.05) is 12.1 Å². The third-order valence-corrected chi connectivity index (χ3v) is 3.85. The quantitative estimate of drug-likeness (QED) is 0.730. The summed E-state index contributed by atoms with van der Waals surface area (Å²) in [5.41, 5.74) is 0.720. The molecule has 0 unspecified atom stereocenters. The Kier molecular flexibility index (Phi) is 4.10. The van der Waals surface area contributed by atoms with E-state index in [0.717, 1.165) is 5.65 Å². The van der Waals surface area contributed by atoms with Crippen LogP contribution in [-0.4, -0.2) is 33.0 Å². The molecule has 3 heterocycles. The first-order valence-electron chi connectivity index (χ1n) is 6.61. The van der Waals surface area contributed by atoms with E-state index >= 15 is 0 Å². The van der Waals surface area contributed by atoms with Crippen molar-refractivity contribution in [3.05, 3.63) is 52.6 Å². The minimum absolute atomic E-state index is 0.0759. The molecular weight excluding hydrogens is 302 g/mol. The number of carbonyl (C=O) groups excluding carboxylic acids is 2. The summed E-state index contributed by atoms with van der Waals surface area (Å²) < 4.78 is 1.80. The van der Waals surface area contributed by atoms with Gasteiger partial charge < -0.3 is 10.6 Å². The van der Waals surface area contributed by atoms with Crippen molar-refractivity contribution in [3.8, 4) is 0 Å². The van der Waals surface area contributed by atoms with Gasteiger partial charge >= 0.3 is 0 Å². The molecule has 0 spiro atoms. The third-order valence-electron chi connectivity index (χ3n) is 2.98. The SMILES string of the molecule is O=C(CNC(=O)c1cccs1)NCc1nnc2ccccn12. The second kappa shape index (κ2) is 6.35. The van der Waals surface area contributed by atoms with Crippen LogP contribution in [-0.2, 0) is 11.3 Å². The van der Waals surface area contributed by atoms with Gasteiger partial charge in [-0.15, -0.1) is 21.5 Å². The average Bonchev–Trinajstić information content (AvgIpc) is 3.20. The van der Waals surface area contributed by atoms with E-state index in [1.165, 1.54) is 11.3 Å². The van der Waals surface area contributed by atoms with Crippen LogP contribution in [0.2, 0.25) is 0 Å². The van der Waals surface area contributed by atoms with Gasteiger partial charge in [0.2, 0.25) is 5.91 Å². The Balaban J connectivity index is 1.51. The van der Waals surface area contributed by atoms with Crippen LogP contribution in [0.1, 0.15) is 15.5 Å². The van der Waals surface area contributed by atoms with Crippen molar-refractivity contribution in [1.82, 2.24) is 25.2 Å². The normalized spacial score (nSPS) is 10.5. The maximum Gasteiger partial charge on any atom is 0.261 e. The Labute approximate surface area is 130 Å². The summed E-state index contributed by atoms with van der Waals surface area (Å²) in [6.07, 6.45) is 1.83. The fourth-order valence-electron chi connectivity index (χ4n) is 1.91. The van der Waals surface area contributed by atoms with Gasteiger partial charge in [-0.2, -0.15) is 0 Å². The summed E-state index contributed by atoms with van der Waals surface area (Å²) in [4.78, 5) is 24.1. The fourth-order valence-corrected chi connectivity index (χ4v) is 2.55. The van der Waals surface area contributed by atoms with Gasteiger partial charge in [-0.25, -0.2) is 0 Å². The number of rotatable bonds is 5. The number of thiophene rings is 1. The predicted molar refractivity (Wildman–Crippen MR) is 81.5 cm³/mol. The number of fused-ring (bicyclic) bond motifs is 1. The fraction of sp³-hybridized carbons (Fsp3) is 0.143. The number of carbonyl (C=O) groups is 2. The molecule has 0 fully saturated rings. The maximum atomic E-state index is 11.8. The molecule has 0 radical (unpaired) electrons. The minimum Gasteiger partial charge on any atom is -0.347 e. The summed E-state index contributed by atoms with van der Waals surface area (Å²) in [6, 6.07) is 9.06. The van der Waals surface area contributed by atoms with Crippen molar-refractivity contribution in [2.75, 3.05) is 6.54 Å². The first-order chi connectivity index (χ1) is 10.7. The van der Waals surface area contributed by atoms with Crippen LogP contribution < -0.4 is 10.6 Å². The van der Waals surface area contributed by atoms with E-state index in [4.69, 9.17) is 0 Å². The second-order valence-electron chi connectivity index (χ2n) is 4.48. The largest absolute Gasteiger partial charge is 0.347 e. The highest BCUT2D eigenvalue weighted by Crippen LogP contribution is 2.07. The van der Waals surface area contributed by atoms with Crippen molar-refractivity contribution in [3.63, 3.8) is 0 Å². The molecule has 8 heteroatoms. The molecule has 0 aliphatic rings. The van der Waals surface area contributed by atoms with Crippen LogP contribution in [0.4, 0.5) is 0 Å². The molecule has 0 saturated carbocycles. The van der Waals surface area contributed by atoms with E-state index < -0.39 is 0 Å². The summed E-state index contributed by atoms with van der Waals surface area (Å²) >= 11 is 1.33. The van der Waals surface area contributed by atoms with Gasteiger partial charge in [-0.3, -0.25) is 14.0 Å². The number of hydrogen-bond donors (Lipinski definition) is 2. The highest BCUT2D eigenvalue weighted by atomic mass is 32.1. The molecule has 3 aromatic rings. The van der Waals surface area contributed by atoms with Gasteiger partial charge in [0.1, 0.15) is 0 Å². The molecule has 7 nitrogen and oxygen atoms in total. The zero-order valence-corrected chi connectivity index (χ0v) is 12.3.